The Bertz CT molecular complexity index is 735. The summed E-state index contributed by atoms with van der Waals surface area (Å²) < 4.78 is 0. The zero-order chi connectivity index (χ0) is 16.8. The Morgan fingerprint density at radius 1 is 0.957 bits per heavy atom. The molecule has 5 heteroatoms. The standard InChI is InChI=1S/C18H17NO4/c1-12-6-8-13(9-7-12)18(23)14-4-2-3-5-15(14)19-16(20)10-11-17(21)22/h2-9H,10-11H2,1H3,(H,19,20)(H,21,22). The smallest absolute Gasteiger partial charge is 0.303 e. The second-order valence-corrected chi connectivity index (χ2v) is 5.18. The highest BCUT2D eigenvalue weighted by Gasteiger charge is 2.15. The van der Waals surface area contributed by atoms with Gasteiger partial charge in [-0.3, -0.25) is 14.4 Å². The van der Waals surface area contributed by atoms with Crippen LogP contribution in [0.3, 0.4) is 0 Å². The number of carbonyl (C=O) groups is 3. The fourth-order valence-electron chi connectivity index (χ4n) is 2.08. The monoisotopic (exact) mass is 311 g/mol. The average Bonchev–Trinajstić information content (AvgIpc) is 2.53. The summed E-state index contributed by atoms with van der Waals surface area (Å²) in [4.78, 5) is 34.9. The van der Waals surface area contributed by atoms with Gasteiger partial charge in [-0.2, -0.15) is 0 Å². The number of ketones is 1. The molecule has 0 heterocycles. The molecule has 5 nitrogen and oxygen atoms in total. The highest BCUT2D eigenvalue weighted by atomic mass is 16.4. The summed E-state index contributed by atoms with van der Waals surface area (Å²) >= 11 is 0. The molecule has 2 aromatic carbocycles. The van der Waals surface area contributed by atoms with Crippen molar-refractivity contribution in [2.45, 2.75) is 19.8 Å². The van der Waals surface area contributed by atoms with Gasteiger partial charge in [0.2, 0.25) is 5.91 Å². The Morgan fingerprint density at radius 2 is 1.61 bits per heavy atom. The fourth-order valence-corrected chi connectivity index (χ4v) is 2.08. The fraction of sp³-hybridized carbons (Fsp3) is 0.167. The van der Waals surface area contributed by atoms with Crippen molar-refractivity contribution in [3.8, 4) is 0 Å². The van der Waals surface area contributed by atoms with Crippen LogP contribution >= 0.6 is 0 Å². The topological polar surface area (TPSA) is 83.5 Å². The maximum Gasteiger partial charge on any atom is 0.303 e. The average molecular weight is 311 g/mol. The van der Waals surface area contributed by atoms with Crippen molar-refractivity contribution in [2.24, 2.45) is 0 Å². The zero-order valence-corrected chi connectivity index (χ0v) is 12.7. The van der Waals surface area contributed by atoms with Gasteiger partial charge in [-0.05, 0) is 19.1 Å². The van der Waals surface area contributed by atoms with Gasteiger partial charge in [-0.1, -0.05) is 42.0 Å². The lowest BCUT2D eigenvalue weighted by molar-refractivity contribution is -0.138. The van der Waals surface area contributed by atoms with E-state index in [2.05, 4.69) is 5.32 Å². The van der Waals surface area contributed by atoms with Crippen molar-refractivity contribution in [1.29, 1.82) is 0 Å². The number of hydrogen-bond donors (Lipinski definition) is 2. The Balaban J connectivity index is 2.20. The summed E-state index contributed by atoms with van der Waals surface area (Å²) in [7, 11) is 0. The van der Waals surface area contributed by atoms with Crippen LogP contribution in [-0.4, -0.2) is 22.8 Å². The normalized spacial score (nSPS) is 10.1. The first-order valence-corrected chi connectivity index (χ1v) is 7.19. The second-order valence-electron chi connectivity index (χ2n) is 5.18. The van der Waals surface area contributed by atoms with Crippen LogP contribution in [-0.2, 0) is 9.59 Å². The number of hydrogen-bond acceptors (Lipinski definition) is 3. The first kappa shape index (κ1) is 16.4. The van der Waals surface area contributed by atoms with Gasteiger partial charge >= 0.3 is 5.97 Å². The number of carbonyl (C=O) groups excluding carboxylic acids is 2. The van der Waals surface area contributed by atoms with E-state index in [0.717, 1.165) is 5.56 Å². The lowest BCUT2D eigenvalue weighted by atomic mass is 10.0. The third-order valence-electron chi connectivity index (χ3n) is 3.33. The van der Waals surface area contributed by atoms with E-state index >= 15 is 0 Å². The highest BCUT2D eigenvalue weighted by molar-refractivity contribution is 6.13. The maximum absolute atomic E-state index is 12.6. The number of para-hydroxylation sites is 1. The van der Waals surface area contributed by atoms with Crippen LogP contribution in [0.25, 0.3) is 0 Å². The first-order valence-electron chi connectivity index (χ1n) is 7.19. The van der Waals surface area contributed by atoms with Crippen molar-refractivity contribution in [1.82, 2.24) is 0 Å². The Labute approximate surface area is 134 Å². The SMILES string of the molecule is Cc1ccc(C(=O)c2ccccc2NC(=O)CCC(=O)O)cc1. The predicted octanol–water partition coefficient (Wildman–Crippen LogP) is 3.03. The Morgan fingerprint density at radius 3 is 2.26 bits per heavy atom. The molecule has 0 fully saturated rings. The number of aryl methyl sites for hydroxylation is 1. The number of rotatable bonds is 6. The van der Waals surface area contributed by atoms with E-state index in [0.29, 0.717) is 16.8 Å². The van der Waals surface area contributed by atoms with E-state index in [-0.39, 0.29) is 18.6 Å². The number of nitrogens with one attached hydrogen (secondary N) is 1. The van der Waals surface area contributed by atoms with Gasteiger partial charge in [0.25, 0.3) is 0 Å². The molecule has 0 aliphatic carbocycles. The minimum Gasteiger partial charge on any atom is -0.481 e. The Kier molecular flexibility index (Phi) is 5.25. The molecule has 0 unspecified atom stereocenters. The number of anilines is 1. The summed E-state index contributed by atoms with van der Waals surface area (Å²) in [6.45, 7) is 1.94. The van der Waals surface area contributed by atoms with E-state index in [1.807, 2.05) is 19.1 Å². The second kappa shape index (κ2) is 7.35. The minimum atomic E-state index is -1.04. The van der Waals surface area contributed by atoms with Crippen LogP contribution < -0.4 is 5.32 Å². The molecule has 1 amide bonds. The highest BCUT2D eigenvalue weighted by Crippen LogP contribution is 2.20. The van der Waals surface area contributed by atoms with Gasteiger partial charge in [0, 0.05) is 17.5 Å². The predicted molar refractivity (Wildman–Crippen MR) is 86.6 cm³/mol. The third-order valence-corrected chi connectivity index (χ3v) is 3.33. The van der Waals surface area contributed by atoms with Crippen LogP contribution in [0.5, 0.6) is 0 Å². The quantitative estimate of drug-likeness (QED) is 0.803. The minimum absolute atomic E-state index is 0.137. The molecule has 0 aliphatic rings. The number of benzene rings is 2. The van der Waals surface area contributed by atoms with Crippen molar-refractivity contribution < 1.29 is 19.5 Å². The Hall–Kier alpha value is -2.95. The number of carboxylic acid groups (broad SMARTS) is 1. The molecule has 118 valence electrons. The molecule has 23 heavy (non-hydrogen) atoms. The van der Waals surface area contributed by atoms with Crippen LogP contribution in [0.1, 0.15) is 34.3 Å². The van der Waals surface area contributed by atoms with Crippen LogP contribution in [0.2, 0.25) is 0 Å². The lowest BCUT2D eigenvalue weighted by Crippen LogP contribution is -2.16. The molecule has 0 bridgehead atoms. The summed E-state index contributed by atoms with van der Waals surface area (Å²) in [6, 6.07) is 13.9. The van der Waals surface area contributed by atoms with E-state index in [1.54, 1.807) is 36.4 Å². The van der Waals surface area contributed by atoms with Gasteiger partial charge < -0.3 is 10.4 Å². The van der Waals surface area contributed by atoms with Crippen LogP contribution in [0, 0.1) is 6.92 Å². The molecule has 0 saturated heterocycles. The number of amides is 1. The molecule has 0 radical (unpaired) electrons. The van der Waals surface area contributed by atoms with Gasteiger partial charge in [0.05, 0.1) is 12.1 Å². The van der Waals surface area contributed by atoms with Gasteiger partial charge in [0.1, 0.15) is 0 Å². The summed E-state index contributed by atoms with van der Waals surface area (Å²) in [5.41, 5.74) is 2.34. The van der Waals surface area contributed by atoms with E-state index in [9.17, 15) is 14.4 Å². The summed E-state index contributed by atoms with van der Waals surface area (Å²) in [5, 5.41) is 11.2. The van der Waals surface area contributed by atoms with Crippen LogP contribution in [0.4, 0.5) is 5.69 Å². The van der Waals surface area contributed by atoms with Gasteiger partial charge in [-0.25, -0.2) is 0 Å². The summed E-state index contributed by atoms with van der Waals surface area (Å²) in [5.74, 6) is -1.67. The molecule has 0 spiro atoms. The maximum atomic E-state index is 12.6. The van der Waals surface area contributed by atoms with Crippen LogP contribution in [0.15, 0.2) is 48.5 Å². The van der Waals surface area contributed by atoms with E-state index in [1.165, 1.54) is 0 Å². The molecule has 2 N–H and O–H groups in total. The number of aliphatic carboxylic acids is 1. The molecular formula is C18H17NO4. The van der Waals surface area contributed by atoms with E-state index in [4.69, 9.17) is 5.11 Å². The van der Waals surface area contributed by atoms with Crippen molar-refractivity contribution >= 4 is 23.3 Å². The largest absolute Gasteiger partial charge is 0.481 e. The molecule has 0 saturated carbocycles. The third kappa shape index (κ3) is 4.51. The van der Waals surface area contributed by atoms with Crippen molar-refractivity contribution in [2.75, 3.05) is 5.32 Å². The van der Waals surface area contributed by atoms with Crippen molar-refractivity contribution in [3.05, 3.63) is 65.2 Å². The zero-order valence-electron chi connectivity index (χ0n) is 12.7. The molecule has 0 aromatic heterocycles. The molecule has 0 atom stereocenters. The molecular weight excluding hydrogens is 294 g/mol. The molecule has 2 aromatic rings. The van der Waals surface area contributed by atoms with Crippen molar-refractivity contribution in [3.63, 3.8) is 0 Å². The van der Waals surface area contributed by atoms with E-state index < -0.39 is 11.9 Å². The first-order chi connectivity index (χ1) is 11.0. The lowest BCUT2D eigenvalue weighted by Gasteiger charge is -2.10. The molecule has 2 rings (SSSR count). The molecule has 0 aliphatic heterocycles. The van der Waals surface area contributed by atoms with Gasteiger partial charge in [-0.15, -0.1) is 0 Å². The van der Waals surface area contributed by atoms with Gasteiger partial charge in [0.15, 0.2) is 5.78 Å². The number of carboxylic acids is 1. The summed E-state index contributed by atoms with van der Waals surface area (Å²) in [6.07, 6.45) is -0.387.